The first-order chi connectivity index (χ1) is 7.61. The number of esters is 1. The molecular formula is C10H11IN2O3. The molecule has 0 saturated carbocycles. The van der Waals surface area contributed by atoms with Crippen LogP contribution in [0, 0.1) is 3.57 Å². The largest absolute Gasteiger partial charge is 0.469 e. The van der Waals surface area contributed by atoms with Crippen LogP contribution in [0.25, 0.3) is 0 Å². The Balaban J connectivity index is 2.40. The van der Waals surface area contributed by atoms with Crippen LogP contribution in [0.5, 0.6) is 0 Å². The second-order valence-electron chi connectivity index (χ2n) is 2.99. The highest BCUT2D eigenvalue weighted by atomic mass is 127. The van der Waals surface area contributed by atoms with Gasteiger partial charge in [0.25, 0.3) is 0 Å². The molecule has 16 heavy (non-hydrogen) atoms. The number of methoxy groups -OCH3 is 1. The number of pyridine rings is 1. The van der Waals surface area contributed by atoms with Crippen molar-refractivity contribution in [2.24, 2.45) is 0 Å². The summed E-state index contributed by atoms with van der Waals surface area (Å²) in [7, 11) is 1.29. The Labute approximate surface area is 107 Å². The number of anilines is 1. The van der Waals surface area contributed by atoms with Crippen molar-refractivity contribution >= 4 is 40.3 Å². The number of nitrogens with zero attached hydrogens (tertiary/aromatic N) is 1. The molecule has 5 nitrogen and oxygen atoms in total. The average molecular weight is 334 g/mol. The summed E-state index contributed by atoms with van der Waals surface area (Å²) in [6.45, 7) is 0. The summed E-state index contributed by atoms with van der Waals surface area (Å²) >= 11 is 2.12. The van der Waals surface area contributed by atoms with Crippen LogP contribution in [0.1, 0.15) is 12.8 Å². The lowest BCUT2D eigenvalue weighted by molar-refractivity contribution is -0.141. The highest BCUT2D eigenvalue weighted by molar-refractivity contribution is 14.1. The monoisotopic (exact) mass is 334 g/mol. The number of carbonyl (C=O) groups is 2. The molecule has 0 aromatic carbocycles. The van der Waals surface area contributed by atoms with Crippen LogP contribution in [-0.4, -0.2) is 24.0 Å². The van der Waals surface area contributed by atoms with Crippen LogP contribution >= 0.6 is 22.6 Å². The number of hydrogen-bond acceptors (Lipinski definition) is 4. The van der Waals surface area contributed by atoms with Gasteiger partial charge < -0.3 is 10.1 Å². The smallest absolute Gasteiger partial charge is 0.306 e. The molecular weight excluding hydrogens is 323 g/mol. The third kappa shape index (κ3) is 4.56. The molecule has 0 fully saturated rings. The third-order valence-corrected chi connectivity index (χ3v) is 2.42. The van der Waals surface area contributed by atoms with Crippen molar-refractivity contribution in [1.82, 2.24) is 4.98 Å². The van der Waals surface area contributed by atoms with Crippen LogP contribution in [-0.2, 0) is 14.3 Å². The second-order valence-corrected chi connectivity index (χ2v) is 4.23. The number of aromatic nitrogens is 1. The number of hydrogen-bond donors (Lipinski definition) is 1. The molecule has 1 N–H and O–H groups in total. The number of rotatable bonds is 4. The highest BCUT2D eigenvalue weighted by Crippen LogP contribution is 2.07. The number of carbonyl (C=O) groups excluding carboxylic acids is 2. The van der Waals surface area contributed by atoms with Crippen LogP contribution in [0.4, 0.5) is 5.82 Å². The quantitative estimate of drug-likeness (QED) is 0.671. The van der Waals surface area contributed by atoms with Crippen LogP contribution in [0.3, 0.4) is 0 Å². The fourth-order valence-corrected chi connectivity index (χ4v) is 1.29. The van der Waals surface area contributed by atoms with E-state index in [-0.39, 0.29) is 18.7 Å². The summed E-state index contributed by atoms with van der Waals surface area (Å²) in [5.41, 5.74) is 0. The van der Waals surface area contributed by atoms with Gasteiger partial charge in [-0.3, -0.25) is 9.59 Å². The molecule has 1 aromatic rings. The number of nitrogens with one attached hydrogen (secondary N) is 1. The molecule has 1 heterocycles. The van der Waals surface area contributed by atoms with E-state index in [9.17, 15) is 9.59 Å². The average Bonchev–Trinajstić information content (AvgIpc) is 2.29. The Morgan fingerprint density at radius 3 is 2.75 bits per heavy atom. The molecule has 0 aliphatic carbocycles. The summed E-state index contributed by atoms with van der Waals surface area (Å²) in [5, 5.41) is 2.59. The van der Waals surface area contributed by atoms with Gasteiger partial charge in [0.15, 0.2) is 0 Å². The van der Waals surface area contributed by atoms with Gasteiger partial charge in [-0.25, -0.2) is 4.98 Å². The Hall–Kier alpha value is -1.18. The van der Waals surface area contributed by atoms with Gasteiger partial charge in [0, 0.05) is 16.2 Å². The predicted octanol–water partition coefficient (Wildman–Crippen LogP) is 1.58. The minimum absolute atomic E-state index is 0.0761. The maximum absolute atomic E-state index is 11.4. The van der Waals surface area contributed by atoms with Gasteiger partial charge in [-0.05, 0) is 34.7 Å². The van der Waals surface area contributed by atoms with Crippen molar-refractivity contribution in [3.63, 3.8) is 0 Å². The molecule has 1 rings (SSSR count). The zero-order chi connectivity index (χ0) is 12.0. The molecule has 86 valence electrons. The first-order valence-corrected chi connectivity index (χ1v) is 5.68. The van der Waals surface area contributed by atoms with Gasteiger partial charge in [0.05, 0.1) is 13.5 Å². The van der Waals surface area contributed by atoms with E-state index in [0.29, 0.717) is 5.82 Å². The van der Waals surface area contributed by atoms with Gasteiger partial charge in [-0.15, -0.1) is 0 Å². The van der Waals surface area contributed by atoms with E-state index in [4.69, 9.17) is 0 Å². The van der Waals surface area contributed by atoms with Crippen LogP contribution in [0.2, 0.25) is 0 Å². The summed E-state index contributed by atoms with van der Waals surface area (Å²) in [4.78, 5) is 26.2. The SMILES string of the molecule is COC(=O)CCC(=O)Nc1ccc(I)cn1. The van der Waals surface area contributed by atoms with E-state index >= 15 is 0 Å². The minimum atomic E-state index is -0.397. The first kappa shape index (κ1) is 12.9. The standard InChI is InChI=1S/C10H11IN2O3/c1-16-10(15)5-4-9(14)13-8-3-2-7(11)6-12-8/h2-3,6H,4-5H2,1H3,(H,12,13,14). The van der Waals surface area contributed by atoms with E-state index in [2.05, 4.69) is 37.6 Å². The Kier molecular flexibility index (Phi) is 5.17. The number of ether oxygens (including phenoxy) is 1. The van der Waals surface area contributed by atoms with E-state index in [0.717, 1.165) is 3.57 Å². The zero-order valence-corrected chi connectivity index (χ0v) is 10.9. The topological polar surface area (TPSA) is 68.3 Å². The van der Waals surface area contributed by atoms with Crippen molar-refractivity contribution in [2.75, 3.05) is 12.4 Å². The van der Waals surface area contributed by atoms with Gasteiger partial charge in [-0.1, -0.05) is 0 Å². The molecule has 0 spiro atoms. The van der Waals surface area contributed by atoms with E-state index in [1.54, 1.807) is 12.3 Å². The molecule has 0 aliphatic rings. The first-order valence-electron chi connectivity index (χ1n) is 4.60. The van der Waals surface area contributed by atoms with E-state index in [1.165, 1.54) is 7.11 Å². The molecule has 0 radical (unpaired) electrons. The summed E-state index contributed by atoms with van der Waals surface area (Å²) in [6, 6.07) is 3.54. The number of halogens is 1. The lowest BCUT2D eigenvalue weighted by Gasteiger charge is -2.03. The van der Waals surface area contributed by atoms with Crippen molar-refractivity contribution < 1.29 is 14.3 Å². The Morgan fingerprint density at radius 2 is 2.19 bits per heavy atom. The molecule has 1 aromatic heterocycles. The lowest BCUT2D eigenvalue weighted by atomic mass is 10.3. The molecule has 0 atom stereocenters. The molecule has 0 aliphatic heterocycles. The minimum Gasteiger partial charge on any atom is -0.469 e. The van der Waals surface area contributed by atoms with Gasteiger partial charge in [0.1, 0.15) is 5.82 Å². The Morgan fingerprint density at radius 1 is 1.44 bits per heavy atom. The molecule has 0 bridgehead atoms. The predicted molar refractivity (Wildman–Crippen MR) is 66.8 cm³/mol. The van der Waals surface area contributed by atoms with Crippen LogP contribution < -0.4 is 5.32 Å². The van der Waals surface area contributed by atoms with E-state index in [1.807, 2.05) is 6.07 Å². The van der Waals surface area contributed by atoms with Gasteiger partial charge >= 0.3 is 5.97 Å². The second kappa shape index (κ2) is 6.41. The van der Waals surface area contributed by atoms with Crippen molar-refractivity contribution in [1.29, 1.82) is 0 Å². The maximum Gasteiger partial charge on any atom is 0.306 e. The maximum atomic E-state index is 11.4. The van der Waals surface area contributed by atoms with Gasteiger partial charge in [0.2, 0.25) is 5.91 Å². The van der Waals surface area contributed by atoms with Crippen molar-refractivity contribution in [2.45, 2.75) is 12.8 Å². The third-order valence-electron chi connectivity index (χ3n) is 1.78. The van der Waals surface area contributed by atoms with Gasteiger partial charge in [-0.2, -0.15) is 0 Å². The molecule has 0 unspecified atom stereocenters. The molecule has 1 amide bonds. The van der Waals surface area contributed by atoms with Crippen LogP contribution in [0.15, 0.2) is 18.3 Å². The summed E-state index contributed by atoms with van der Waals surface area (Å²) in [5.74, 6) is -0.167. The zero-order valence-electron chi connectivity index (χ0n) is 8.70. The highest BCUT2D eigenvalue weighted by Gasteiger charge is 2.07. The fourth-order valence-electron chi connectivity index (χ4n) is 0.973. The summed E-state index contributed by atoms with van der Waals surface area (Å²) < 4.78 is 5.42. The van der Waals surface area contributed by atoms with Crippen molar-refractivity contribution in [3.05, 3.63) is 21.9 Å². The molecule has 0 saturated heterocycles. The molecule has 6 heteroatoms. The fraction of sp³-hybridized carbons (Fsp3) is 0.300. The van der Waals surface area contributed by atoms with E-state index < -0.39 is 5.97 Å². The lowest BCUT2D eigenvalue weighted by Crippen LogP contribution is -2.14. The normalized spacial score (nSPS) is 9.62. The van der Waals surface area contributed by atoms with Crippen molar-refractivity contribution in [3.8, 4) is 0 Å². The summed E-state index contributed by atoms with van der Waals surface area (Å²) in [6.07, 6.45) is 1.82. The number of amides is 1. The Bertz CT molecular complexity index is 378.